The predicted molar refractivity (Wildman–Crippen MR) is 341 cm³/mol. The van der Waals surface area contributed by atoms with Gasteiger partial charge >= 0.3 is 0 Å². The van der Waals surface area contributed by atoms with E-state index in [-0.39, 0.29) is 12.5 Å². The molecule has 0 spiro atoms. The van der Waals surface area contributed by atoms with Crippen LogP contribution in [0.2, 0.25) is 0 Å². The molecule has 1 aliphatic rings. The Morgan fingerprint density at radius 3 is 1.05 bits per heavy atom. The highest BCUT2D eigenvalue weighted by Crippen LogP contribution is 2.24. The van der Waals surface area contributed by atoms with Crippen molar-refractivity contribution in [3.63, 3.8) is 0 Å². The van der Waals surface area contributed by atoms with Gasteiger partial charge in [-0.1, -0.05) is 353 Å². The number of hydrogen-bond acceptors (Lipinski definition) is 8. The van der Waals surface area contributed by atoms with Gasteiger partial charge in [-0.3, -0.25) is 4.79 Å². The van der Waals surface area contributed by atoms with Crippen molar-refractivity contribution < 1.29 is 39.8 Å². The van der Waals surface area contributed by atoms with Gasteiger partial charge in [0.05, 0.1) is 25.4 Å². The summed E-state index contributed by atoms with van der Waals surface area (Å²) < 4.78 is 11.3. The highest BCUT2D eigenvalue weighted by atomic mass is 16.7. The molecule has 474 valence electrons. The number of unbranched alkanes of at least 4 members (excludes halogenated alkanes) is 51. The van der Waals surface area contributed by atoms with Gasteiger partial charge in [0.1, 0.15) is 24.4 Å². The van der Waals surface area contributed by atoms with Crippen LogP contribution in [0.4, 0.5) is 0 Å². The standard InChI is InChI=1S/C71H137NO8/c1-3-5-7-9-11-13-15-17-19-21-23-25-26-27-28-29-30-31-32-33-34-35-36-37-38-39-40-41-43-45-47-49-51-53-55-57-59-61-67(75)72-64(63-79-71-70(78)69(77)68(76)66(62-73)80-71)65(74)60-58-56-54-52-50-48-46-44-42-24-22-20-18-16-14-12-10-8-6-4-2/h50,52,58,60,64-66,68-71,73-74,76-78H,3-49,51,53-57,59,61-63H2,1-2H3,(H,72,75)/b52-50+,60-58+. The van der Waals surface area contributed by atoms with E-state index < -0.39 is 49.5 Å². The SMILES string of the molecule is CCCCCCCCCCCCCCCC/C=C/CC/C=C/C(O)C(COC1OC(CO)C(O)C(O)C1O)NC(=O)CCCCCCCCCCCCCCCCCCCCCCCCCCCCCCCCCCCCCCC. The van der Waals surface area contributed by atoms with Crippen LogP contribution < -0.4 is 5.32 Å². The third-order valence-corrected chi connectivity index (χ3v) is 17.3. The van der Waals surface area contributed by atoms with Crippen molar-refractivity contribution in [3.05, 3.63) is 24.3 Å². The number of allylic oxidation sites excluding steroid dienone is 3. The van der Waals surface area contributed by atoms with E-state index in [1.165, 1.54) is 308 Å². The van der Waals surface area contributed by atoms with Gasteiger partial charge in [0.25, 0.3) is 0 Å². The summed E-state index contributed by atoms with van der Waals surface area (Å²) >= 11 is 0. The van der Waals surface area contributed by atoms with E-state index in [0.717, 1.165) is 38.5 Å². The maximum Gasteiger partial charge on any atom is 0.220 e. The average molecular weight is 1130 g/mol. The Balaban J connectivity index is 2.07. The molecule has 6 N–H and O–H groups in total. The minimum absolute atomic E-state index is 0.178. The Hall–Kier alpha value is -1.33. The molecule has 0 radical (unpaired) electrons. The van der Waals surface area contributed by atoms with Crippen molar-refractivity contribution in [2.45, 2.75) is 410 Å². The van der Waals surface area contributed by atoms with E-state index in [9.17, 15) is 30.3 Å². The lowest BCUT2D eigenvalue weighted by Gasteiger charge is -2.40. The number of nitrogens with one attached hydrogen (secondary N) is 1. The summed E-state index contributed by atoms with van der Waals surface area (Å²) in [4.78, 5) is 13.1. The monoisotopic (exact) mass is 1130 g/mol. The molecule has 1 amide bonds. The summed E-state index contributed by atoms with van der Waals surface area (Å²) in [6.07, 6.45) is 73.1. The molecule has 0 saturated carbocycles. The van der Waals surface area contributed by atoms with Crippen LogP contribution in [-0.4, -0.2) is 87.5 Å². The van der Waals surface area contributed by atoms with Crippen molar-refractivity contribution in [1.82, 2.24) is 5.32 Å². The van der Waals surface area contributed by atoms with Gasteiger partial charge in [0.15, 0.2) is 6.29 Å². The van der Waals surface area contributed by atoms with Crippen molar-refractivity contribution in [1.29, 1.82) is 0 Å². The van der Waals surface area contributed by atoms with Gasteiger partial charge in [0.2, 0.25) is 5.91 Å². The van der Waals surface area contributed by atoms with Crippen LogP contribution >= 0.6 is 0 Å². The van der Waals surface area contributed by atoms with Crippen LogP contribution in [0.3, 0.4) is 0 Å². The van der Waals surface area contributed by atoms with Gasteiger partial charge < -0.3 is 40.3 Å². The first kappa shape index (κ1) is 76.7. The van der Waals surface area contributed by atoms with Crippen LogP contribution in [0.5, 0.6) is 0 Å². The zero-order valence-electron chi connectivity index (χ0n) is 53.1. The quantitative estimate of drug-likeness (QED) is 0.0261. The Morgan fingerprint density at radius 1 is 0.412 bits per heavy atom. The minimum Gasteiger partial charge on any atom is -0.394 e. The molecule has 0 aromatic carbocycles. The van der Waals surface area contributed by atoms with Gasteiger partial charge in [-0.15, -0.1) is 0 Å². The molecular weight excluding hydrogens is 995 g/mol. The van der Waals surface area contributed by atoms with Crippen LogP contribution in [0.15, 0.2) is 24.3 Å². The largest absolute Gasteiger partial charge is 0.394 e. The summed E-state index contributed by atoms with van der Waals surface area (Å²) in [5.74, 6) is -0.178. The first-order chi connectivity index (χ1) is 39.3. The summed E-state index contributed by atoms with van der Waals surface area (Å²) in [5, 5.41) is 54.7. The van der Waals surface area contributed by atoms with Gasteiger partial charge in [0, 0.05) is 6.42 Å². The minimum atomic E-state index is -1.57. The van der Waals surface area contributed by atoms with Crippen molar-refractivity contribution >= 4 is 5.91 Å². The lowest BCUT2D eigenvalue weighted by Crippen LogP contribution is -2.60. The molecule has 9 nitrogen and oxygen atoms in total. The predicted octanol–water partition coefficient (Wildman–Crippen LogP) is 19.3. The highest BCUT2D eigenvalue weighted by Gasteiger charge is 2.44. The lowest BCUT2D eigenvalue weighted by atomic mass is 9.99. The lowest BCUT2D eigenvalue weighted by molar-refractivity contribution is -0.302. The van der Waals surface area contributed by atoms with E-state index in [4.69, 9.17) is 9.47 Å². The molecule has 0 aromatic heterocycles. The van der Waals surface area contributed by atoms with E-state index >= 15 is 0 Å². The number of amides is 1. The molecule has 1 saturated heterocycles. The van der Waals surface area contributed by atoms with Crippen molar-refractivity contribution in [2.24, 2.45) is 0 Å². The molecule has 9 heteroatoms. The van der Waals surface area contributed by atoms with E-state index in [0.29, 0.717) is 6.42 Å². The Labute approximate surface area is 496 Å². The summed E-state index contributed by atoms with van der Waals surface area (Å²) in [7, 11) is 0. The zero-order valence-corrected chi connectivity index (χ0v) is 53.1. The van der Waals surface area contributed by atoms with E-state index in [1.54, 1.807) is 6.08 Å². The molecule has 1 fully saturated rings. The fourth-order valence-corrected chi connectivity index (χ4v) is 11.7. The van der Waals surface area contributed by atoms with Crippen LogP contribution in [0, 0.1) is 0 Å². The Kier molecular flexibility index (Phi) is 58.3. The van der Waals surface area contributed by atoms with Crippen molar-refractivity contribution in [3.8, 4) is 0 Å². The number of rotatable bonds is 63. The topological polar surface area (TPSA) is 149 Å². The number of aliphatic hydroxyl groups is 5. The molecular formula is C71H137NO8. The fourth-order valence-electron chi connectivity index (χ4n) is 11.7. The molecule has 1 heterocycles. The highest BCUT2D eigenvalue weighted by molar-refractivity contribution is 5.76. The second-order valence-corrected chi connectivity index (χ2v) is 25.0. The second-order valence-electron chi connectivity index (χ2n) is 25.0. The van der Waals surface area contributed by atoms with E-state index in [2.05, 4.69) is 31.3 Å². The number of ether oxygens (including phenoxy) is 2. The van der Waals surface area contributed by atoms with E-state index in [1.807, 2.05) is 6.08 Å². The smallest absolute Gasteiger partial charge is 0.220 e. The first-order valence-corrected chi connectivity index (χ1v) is 35.6. The maximum atomic E-state index is 13.1. The molecule has 7 unspecified atom stereocenters. The number of carbonyl (C=O) groups excluding carboxylic acids is 1. The maximum absolute atomic E-state index is 13.1. The zero-order chi connectivity index (χ0) is 57.9. The summed E-state index contributed by atoms with van der Waals surface area (Å²) in [5.41, 5.74) is 0. The normalized spacial score (nSPS) is 18.5. The number of carbonyl (C=O) groups is 1. The second kappa shape index (κ2) is 60.8. The summed E-state index contributed by atoms with van der Waals surface area (Å²) in [6, 6.07) is -0.820. The van der Waals surface area contributed by atoms with Crippen LogP contribution in [-0.2, 0) is 14.3 Å². The first-order valence-electron chi connectivity index (χ1n) is 35.6. The number of hydrogen-bond donors (Lipinski definition) is 6. The third-order valence-electron chi connectivity index (χ3n) is 17.3. The molecule has 80 heavy (non-hydrogen) atoms. The number of aliphatic hydroxyl groups excluding tert-OH is 5. The summed E-state index contributed by atoms with van der Waals surface area (Å²) in [6.45, 7) is 3.82. The fraction of sp³-hybridized carbons (Fsp3) is 0.930. The Morgan fingerprint density at radius 2 is 0.713 bits per heavy atom. The molecule has 7 atom stereocenters. The average Bonchev–Trinajstić information content (AvgIpc) is 3.46. The van der Waals surface area contributed by atoms with Gasteiger partial charge in [-0.05, 0) is 32.1 Å². The van der Waals surface area contributed by atoms with Crippen LogP contribution in [0.25, 0.3) is 0 Å². The van der Waals surface area contributed by atoms with Crippen molar-refractivity contribution in [2.75, 3.05) is 13.2 Å². The molecule has 0 aromatic rings. The molecule has 1 rings (SSSR count). The van der Waals surface area contributed by atoms with Gasteiger partial charge in [-0.25, -0.2) is 0 Å². The van der Waals surface area contributed by atoms with Gasteiger partial charge in [-0.2, -0.15) is 0 Å². The molecule has 0 bridgehead atoms. The Bertz CT molecular complexity index is 1310. The molecule has 0 aliphatic carbocycles. The van der Waals surface area contributed by atoms with Crippen LogP contribution in [0.1, 0.15) is 367 Å². The molecule has 1 aliphatic heterocycles. The third kappa shape index (κ3) is 49.0.